The molecule has 2 heterocycles. The normalized spacial score (nSPS) is 24.1. The molecule has 88 valence electrons. The number of benzene rings is 1. The van der Waals surface area contributed by atoms with Crippen LogP contribution in [0, 0.1) is 0 Å². The Bertz CT molecular complexity index is 501. The van der Waals surface area contributed by atoms with Gasteiger partial charge in [-0.15, -0.1) is 0 Å². The van der Waals surface area contributed by atoms with E-state index in [9.17, 15) is 5.11 Å². The number of ether oxygens (including phenoxy) is 1. The molecule has 3 rings (SSSR count). The fraction of sp³-hybridized carbons (Fsp3) is 0.308. The number of aliphatic hydroxyl groups is 1. The molecule has 4 nitrogen and oxygen atoms in total. The predicted molar refractivity (Wildman–Crippen MR) is 62.9 cm³/mol. The van der Waals surface area contributed by atoms with Gasteiger partial charge in [0, 0.05) is 19.2 Å². The molecular weight excluding hydrogens is 216 g/mol. The topological polar surface area (TPSA) is 47.3 Å². The Morgan fingerprint density at radius 2 is 2.06 bits per heavy atom. The molecule has 0 bridgehead atoms. The molecule has 1 atom stereocenters. The van der Waals surface area contributed by atoms with E-state index in [-0.39, 0.29) is 0 Å². The van der Waals surface area contributed by atoms with Gasteiger partial charge in [-0.25, -0.2) is 4.68 Å². The summed E-state index contributed by atoms with van der Waals surface area (Å²) in [5.74, 6) is 0. The first-order valence-corrected chi connectivity index (χ1v) is 5.70. The van der Waals surface area contributed by atoms with Gasteiger partial charge in [0.1, 0.15) is 5.60 Å². The van der Waals surface area contributed by atoms with Crippen LogP contribution in [0.25, 0.3) is 5.69 Å². The van der Waals surface area contributed by atoms with Crippen LogP contribution >= 0.6 is 0 Å². The molecule has 0 saturated carbocycles. The Kier molecular flexibility index (Phi) is 2.46. The first kappa shape index (κ1) is 10.5. The molecule has 0 radical (unpaired) electrons. The van der Waals surface area contributed by atoms with E-state index in [0.29, 0.717) is 19.6 Å². The molecule has 1 aliphatic heterocycles. The van der Waals surface area contributed by atoms with Crippen molar-refractivity contribution in [3.63, 3.8) is 0 Å². The summed E-state index contributed by atoms with van der Waals surface area (Å²) in [5.41, 5.74) is 0.834. The van der Waals surface area contributed by atoms with Crippen molar-refractivity contribution in [1.29, 1.82) is 0 Å². The minimum atomic E-state index is -0.910. The van der Waals surface area contributed by atoms with Crippen molar-refractivity contribution >= 4 is 0 Å². The van der Waals surface area contributed by atoms with Crippen LogP contribution in [0.1, 0.15) is 12.1 Å². The minimum absolute atomic E-state index is 0.339. The van der Waals surface area contributed by atoms with Gasteiger partial charge in [0.15, 0.2) is 0 Å². The van der Waals surface area contributed by atoms with Gasteiger partial charge in [0.25, 0.3) is 0 Å². The molecule has 17 heavy (non-hydrogen) atoms. The quantitative estimate of drug-likeness (QED) is 0.850. The average molecular weight is 230 g/mol. The second-order valence-electron chi connectivity index (χ2n) is 4.30. The zero-order valence-electron chi connectivity index (χ0n) is 9.41. The molecular formula is C13H14N2O2. The zero-order chi connectivity index (χ0) is 11.7. The van der Waals surface area contributed by atoms with E-state index in [1.54, 1.807) is 10.9 Å². The summed E-state index contributed by atoms with van der Waals surface area (Å²) in [6, 6.07) is 11.7. The highest BCUT2D eigenvalue weighted by Crippen LogP contribution is 2.31. The molecule has 2 aromatic rings. The van der Waals surface area contributed by atoms with Gasteiger partial charge >= 0.3 is 0 Å². The van der Waals surface area contributed by atoms with E-state index in [0.717, 1.165) is 11.4 Å². The highest BCUT2D eigenvalue weighted by atomic mass is 16.5. The smallest absolute Gasteiger partial charge is 0.132 e. The van der Waals surface area contributed by atoms with Crippen LogP contribution in [-0.4, -0.2) is 28.1 Å². The predicted octanol–water partition coefficient (Wildman–Crippen LogP) is 1.48. The van der Waals surface area contributed by atoms with Crippen molar-refractivity contribution < 1.29 is 9.84 Å². The van der Waals surface area contributed by atoms with Crippen molar-refractivity contribution in [3.05, 3.63) is 48.3 Å². The lowest BCUT2D eigenvalue weighted by molar-refractivity contribution is 0.0174. The monoisotopic (exact) mass is 230 g/mol. The number of aromatic nitrogens is 2. The largest absolute Gasteiger partial charge is 0.381 e. The molecule has 1 aliphatic rings. The SMILES string of the molecule is OC1(c2ccnn2-c2ccccc2)CCOC1. The second-order valence-corrected chi connectivity index (χ2v) is 4.30. The van der Waals surface area contributed by atoms with Crippen molar-refractivity contribution in [3.8, 4) is 5.69 Å². The summed E-state index contributed by atoms with van der Waals surface area (Å²) < 4.78 is 7.06. The summed E-state index contributed by atoms with van der Waals surface area (Å²) in [6.45, 7) is 0.933. The van der Waals surface area contributed by atoms with Crippen LogP contribution in [0.3, 0.4) is 0 Å². The van der Waals surface area contributed by atoms with Crippen LogP contribution in [0.4, 0.5) is 0 Å². The van der Waals surface area contributed by atoms with Gasteiger partial charge in [-0.3, -0.25) is 0 Å². The molecule has 1 N–H and O–H groups in total. The molecule has 1 fully saturated rings. The Labute approximate surface area is 99.5 Å². The Balaban J connectivity index is 2.05. The lowest BCUT2D eigenvalue weighted by atomic mass is 9.99. The second kappa shape index (κ2) is 3.98. The number of nitrogens with zero attached hydrogens (tertiary/aromatic N) is 2. The van der Waals surface area contributed by atoms with Crippen molar-refractivity contribution in [1.82, 2.24) is 9.78 Å². The Morgan fingerprint density at radius 1 is 1.24 bits per heavy atom. The van der Waals surface area contributed by atoms with Gasteiger partial charge in [0.2, 0.25) is 0 Å². The minimum Gasteiger partial charge on any atom is -0.381 e. The van der Waals surface area contributed by atoms with Gasteiger partial charge in [-0.05, 0) is 18.2 Å². The summed E-state index contributed by atoms with van der Waals surface area (Å²) in [5, 5.41) is 14.8. The third-order valence-corrected chi connectivity index (χ3v) is 3.12. The maximum atomic E-state index is 10.5. The third-order valence-electron chi connectivity index (χ3n) is 3.12. The maximum Gasteiger partial charge on any atom is 0.132 e. The summed E-state index contributed by atoms with van der Waals surface area (Å²) in [7, 11) is 0. The van der Waals surface area contributed by atoms with Crippen molar-refractivity contribution in [2.45, 2.75) is 12.0 Å². The van der Waals surface area contributed by atoms with E-state index < -0.39 is 5.60 Å². The van der Waals surface area contributed by atoms with Gasteiger partial charge in [-0.2, -0.15) is 5.10 Å². The van der Waals surface area contributed by atoms with Gasteiger partial charge in [-0.1, -0.05) is 18.2 Å². The lowest BCUT2D eigenvalue weighted by Crippen LogP contribution is -2.28. The molecule has 1 aromatic carbocycles. The lowest BCUT2D eigenvalue weighted by Gasteiger charge is -2.21. The Hall–Kier alpha value is -1.65. The molecule has 1 aromatic heterocycles. The van der Waals surface area contributed by atoms with Gasteiger partial charge < -0.3 is 9.84 Å². The summed E-state index contributed by atoms with van der Waals surface area (Å²) in [4.78, 5) is 0. The number of para-hydroxylation sites is 1. The molecule has 0 spiro atoms. The number of hydrogen-bond acceptors (Lipinski definition) is 3. The van der Waals surface area contributed by atoms with Gasteiger partial charge in [0.05, 0.1) is 18.0 Å². The van der Waals surface area contributed by atoms with Crippen molar-refractivity contribution in [2.75, 3.05) is 13.2 Å². The number of hydrogen-bond donors (Lipinski definition) is 1. The van der Waals surface area contributed by atoms with E-state index in [4.69, 9.17) is 4.74 Å². The molecule has 1 saturated heterocycles. The van der Waals surface area contributed by atoms with Crippen molar-refractivity contribution in [2.24, 2.45) is 0 Å². The van der Waals surface area contributed by atoms with Crippen LogP contribution in [0.5, 0.6) is 0 Å². The van der Waals surface area contributed by atoms with E-state index in [1.807, 2.05) is 36.4 Å². The van der Waals surface area contributed by atoms with Crippen LogP contribution in [0.15, 0.2) is 42.6 Å². The fourth-order valence-electron chi connectivity index (χ4n) is 2.19. The molecule has 1 unspecified atom stereocenters. The fourth-order valence-corrected chi connectivity index (χ4v) is 2.19. The Morgan fingerprint density at radius 3 is 2.76 bits per heavy atom. The average Bonchev–Trinajstić information content (AvgIpc) is 2.99. The van der Waals surface area contributed by atoms with E-state index >= 15 is 0 Å². The van der Waals surface area contributed by atoms with E-state index in [2.05, 4.69) is 5.10 Å². The molecule has 0 amide bonds. The van der Waals surface area contributed by atoms with Crippen LogP contribution < -0.4 is 0 Å². The highest BCUT2D eigenvalue weighted by molar-refractivity contribution is 5.34. The summed E-state index contributed by atoms with van der Waals surface area (Å²) >= 11 is 0. The first-order chi connectivity index (χ1) is 8.30. The number of rotatable bonds is 2. The van der Waals surface area contributed by atoms with Crippen LogP contribution in [0.2, 0.25) is 0 Å². The zero-order valence-corrected chi connectivity index (χ0v) is 9.41. The molecule has 4 heteroatoms. The maximum absolute atomic E-state index is 10.5. The third kappa shape index (κ3) is 1.75. The standard InChI is InChI=1S/C13H14N2O2/c16-13(7-9-17-10-13)12-6-8-14-15(12)11-4-2-1-3-5-11/h1-6,8,16H,7,9-10H2. The summed E-state index contributed by atoms with van der Waals surface area (Å²) in [6.07, 6.45) is 2.32. The highest BCUT2D eigenvalue weighted by Gasteiger charge is 2.37. The first-order valence-electron chi connectivity index (χ1n) is 5.70. The van der Waals surface area contributed by atoms with E-state index in [1.165, 1.54) is 0 Å². The molecule has 0 aliphatic carbocycles. The van der Waals surface area contributed by atoms with Crippen LogP contribution in [-0.2, 0) is 10.3 Å².